The molecule has 0 aliphatic carbocycles. The molecular formula is C11H5F3O. The van der Waals surface area contributed by atoms with E-state index in [9.17, 15) is 18.0 Å². The van der Waals surface area contributed by atoms with Gasteiger partial charge in [-0.2, -0.15) is 0 Å². The molecule has 0 bridgehead atoms. The van der Waals surface area contributed by atoms with Gasteiger partial charge in [-0.15, -0.1) is 0 Å². The number of hydrogen-bond donors (Lipinski definition) is 0. The van der Waals surface area contributed by atoms with Gasteiger partial charge < -0.3 is 0 Å². The zero-order valence-corrected chi connectivity index (χ0v) is 7.43. The third-order valence-electron chi connectivity index (χ3n) is 2.14. The molecule has 1 nitrogen and oxygen atoms in total. The lowest BCUT2D eigenvalue weighted by molar-refractivity contribution is 0.111. The molecule has 0 aliphatic rings. The second-order valence-corrected chi connectivity index (χ2v) is 3.07. The summed E-state index contributed by atoms with van der Waals surface area (Å²) in [6.45, 7) is 0. The molecule has 0 saturated carbocycles. The second kappa shape index (κ2) is 3.38. The first-order valence-electron chi connectivity index (χ1n) is 4.16. The number of rotatable bonds is 1. The van der Waals surface area contributed by atoms with E-state index in [2.05, 4.69) is 0 Å². The molecule has 0 heterocycles. The van der Waals surface area contributed by atoms with Gasteiger partial charge in [-0.05, 0) is 24.3 Å². The van der Waals surface area contributed by atoms with Gasteiger partial charge >= 0.3 is 0 Å². The lowest BCUT2D eigenvalue weighted by Gasteiger charge is -2.03. The summed E-state index contributed by atoms with van der Waals surface area (Å²) >= 11 is 0. The maximum Gasteiger partial charge on any atom is 0.153 e. The number of hydrogen-bond acceptors (Lipinski definition) is 1. The Morgan fingerprint density at radius 2 is 1.73 bits per heavy atom. The van der Waals surface area contributed by atoms with E-state index >= 15 is 0 Å². The SMILES string of the molecule is O=Cc1cc(F)c2cc(F)ccc2c1F. The van der Waals surface area contributed by atoms with Gasteiger partial charge in [0, 0.05) is 10.8 Å². The van der Waals surface area contributed by atoms with Gasteiger partial charge in [-0.25, -0.2) is 13.2 Å². The number of aldehydes is 1. The quantitative estimate of drug-likeness (QED) is 0.661. The van der Waals surface area contributed by atoms with Crippen LogP contribution in [-0.4, -0.2) is 6.29 Å². The average Bonchev–Trinajstić information content (AvgIpc) is 2.23. The zero-order chi connectivity index (χ0) is 11.0. The highest BCUT2D eigenvalue weighted by atomic mass is 19.1. The molecule has 0 saturated heterocycles. The molecule has 0 atom stereocenters. The summed E-state index contributed by atoms with van der Waals surface area (Å²) < 4.78 is 39.5. The molecule has 0 spiro atoms. The van der Waals surface area contributed by atoms with Crippen LogP contribution in [0.2, 0.25) is 0 Å². The number of fused-ring (bicyclic) bond motifs is 1. The fourth-order valence-electron chi connectivity index (χ4n) is 1.42. The van der Waals surface area contributed by atoms with Crippen molar-refractivity contribution in [3.8, 4) is 0 Å². The monoisotopic (exact) mass is 210 g/mol. The summed E-state index contributed by atoms with van der Waals surface area (Å²) in [7, 11) is 0. The first-order valence-corrected chi connectivity index (χ1v) is 4.16. The Balaban J connectivity index is 2.92. The largest absolute Gasteiger partial charge is 0.298 e. The van der Waals surface area contributed by atoms with E-state index in [0.29, 0.717) is 0 Å². The minimum Gasteiger partial charge on any atom is -0.298 e. The molecule has 0 amide bonds. The van der Waals surface area contributed by atoms with Crippen LogP contribution in [0.25, 0.3) is 10.8 Å². The maximum atomic E-state index is 13.5. The molecule has 0 aliphatic heterocycles. The van der Waals surface area contributed by atoms with E-state index in [-0.39, 0.29) is 22.6 Å². The molecule has 4 heteroatoms. The summed E-state index contributed by atoms with van der Waals surface area (Å²) in [6, 6.07) is 3.77. The van der Waals surface area contributed by atoms with Crippen LogP contribution in [-0.2, 0) is 0 Å². The zero-order valence-electron chi connectivity index (χ0n) is 7.43. The Labute approximate surface area is 83.1 Å². The standard InChI is InChI=1S/C11H5F3O/c12-7-1-2-8-9(4-7)10(13)3-6(5-15)11(8)14/h1-5H. The van der Waals surface area contributed by atoms with Crippen LogP contribution in [0.1, 0.15) is 10.4 Å². The van der Waals surface area contributed by atoms with Crippen LogP contribution in [0.5, 0.6) is 0 Å². The molecule has 15 heavy (non-hydrogen) atoms. The van der Waals surface area contributed by atoms with Crippen LogP contribution in [0.4, 0.5) is 13.2 Å². The normalized spacial score (nSPS) is 10.6. The van der Waals surface area contributed by atoms with Gasteiger partial charge in [0.25, 0.3) is 0 Å². The van der Waals surface area contributed by atoms with Crippen LogP contribution >= 0.6 is 0 Å². The van der Waals surface area contributed by atoms with Gasteiger partial charge in [0.15, 0.2) is 6.29 Å². The van der Waals surface area contributed by atoms with Gasteiger partial charge in [0.05, 0.1) is 5.56 Å². The summed E-state index contributed by atoms with van der Waals surface area (Å²) in [5.41, 5.74) is -0.369. The third-order valence-corrected chi connectivity index (χ3v) is 2.14. The Morgan fingerprint density at radius 3 is 2.40 bits per heavy atom. The third kappa shape index (κ3) is 1.48. The fraction of sp³-hybridized carbons (Fsp3) is 0. The topological polar surface area (TPSA) is 17.1 Å². The van der Waals surface area contributed by atoms with Crippen LogP contribution in [0.15, 0.2) is 24.3 Å². The lowest BCUT2D eigenvalue weighted by Crippen LogP contribution is -1.93. The van der Waals surface area contributed by atoms with E-state index < -0.39 is 17.5 Å². The van der Waals surface area contributed by atoms with Crippen molar-refractivity contribution < 1.29 is 18.0 Å². The molecule has 0 aromatic heterocycles. The van der Waals surface area contributed by atoms with Crippen molar-refractivity contribution in [2.75, 3.05) is 0 Å². The summed E-state index contributed by atoms with van der Waals surface area (Å²) in [4.78, 5) is 10.4. The molecule has 0 fully saturated rings. The van der Waals surface area contributed by atoms with Crippen molar-refractivity contribution in [3.05, 3.63) is 47.3 Å². The summed E-state index contributed by atoms with van der Waals surface area (Å²) in [5.74, 6) is -2.30. The Bertz CT molecular complexity index is 549. The molecule has 0 radical (unpaired) electrons. The number of halogens is 3. The first-order chi connectivity index (χ1) is 7.13. The molecule has 0 unspecified atom stereocenters. The number of carbonyl (C=O) groups excluding carboxylic acids is 1. The van der Waals surface area contributed by atoms with E-state index in [1.807, 2.05) is 0 Å². The van der Waals surface area contributed by atoms with Crippen molar-refractivity contribution >= 4 is 17.1 Å². The van der Waals surface area contributed by atoms with Crippen molar-refractivity contribution in [2.45, 2.75) is 0 Å². The smallest absolute Gasteiger partial charge is 0.153 e. The predicted molar refractivity (Wildman–Crippen MR) is 49.2 cm³/mol. The molecule has 76 valence electrons. The number of benzene rings is 2. The van der Waals surface area contributed by atoms with E-state index in [0.717, 1.165) is 24.3 Å². The van der Waals surface area contributed by atoms with Gasteiger partial charge in [0.2, 0.25) is 0 Å². The van der Waals surface area contributed by atoms with Crippen LogP contribution in [0, 0.1) is 17.5 Å². The van der Waals surface area contributed by atoms with E-state index in [4.69, 9.17) is 0 Å². The highest BCUT2D eigenvalue weighted by Crippen LogP contribution is 2.24. The minimum absolute atomic E-state index is 0.0986. The van der Waals surface area contributed by atoms with Crippen molar-refractivity contribution in [1.82, 2.24) is 0 Å². The molecule has 0 N–H and O–H groups in total. The van der Waals surface area contributed by atoms with Gasteiger partial charge in [-0.1, -0.05) is 0 Å². The second-order valence-electron chi connectivity index (χ2n) is 3.07. The molecular weight excluding hydrogens is 205 g/mol. The van der Waals surface area contributed by atoms with Crippen LogP contribution in [0.3, 0.4) is 0 Å². The molecule has 2 aromatic carbocycles. The van der Waals surface area contributed by atoms with Gasteiger partial charge in [-0.3, -0.25) is 4.79 Å². The molecule has 2 aromatic rings. The van der Waals surface area contributed by atoms with Crippen molar-refractivity contribution in [3.63, 3.8) is 0 Å². The Hall–Kier alpha value is -1.84. The van der Waals surface area contributed by atoms with Crippen LogP contribution < -0.4 is 0 Å². The minimum atomic E-state index is -0.832. The first kappa shape index (κ1) is 9.71. The Morgan fingerprint density at radius 1 is 1.00 bits per heavy atom. The highest BCUT2D eigenvalue weighted by Gasteiger charge is 2.11. The highest BCUT2D eigenvalue weighted by molar-refractivity contribution is 5.90. The maximum absolute atomic E-state index is 13.5. The van der Waals surface area contributed by atoms with E-state index in [1.165, 1.54) is 0 Å². The number of carbonyl (C=O) groups is 1. The predicted octanol–water partition coefficient (Wildman–Crippen LogP) is 3.07. The summed E-state index contributed by atoms with van der Waals surface area (Å²) in [5, 5.41) is -0.267. The Kier molecular flexibility index (Phi) is 2.19. The van der Waals surface area contributed by atoms with Crippen molar-refractivity contribution in [2.24, 2.45) is 0 Å². The summed E-state index contributed by atoms with van der Waals surface area (Å²) in [6.07, 6.45) is 0.223. The fourth-order valence-corrected chi connectivity index (χ4v) is 1.42. The van der Waals surface area contributed by atoms with Crippen molar-refractivity contribution in [1.29, 1.82) is 0 Å². The lowest BCUT2D eigenvalue weighted by atomic mass is 10.1. The van der Waals surface area contributed by atoms with E-state index in [1.54, 1.807) is 0 Å². The average molecular weight is 210 g/mol. The molecule has 2 rings (SSSR count). The van der Waals surface area contributed by atoms with Gasteiger partial charge in [0.1, 0.15) is 17.5 Å².